The number of rotatable bonds is 0. The van der Waals surface area contributed by atoms with Gasteiger partial charge in [0.15, 0.2) is 0 Å². The van der Waals surface area contributed by atoms with E-state index >= 15 is 0 Å². The maximum Gasteiger partial charge on any atom is 0 e. The Labute approximate surface area is 65.4 Å². The van der Waals surface area contributed by atoms with E-state index in [1.807, 2.05) is 0 Å². The van der Waals surface area contributed by atoms with Crippen molar-refractivity contribution in [2.24, 2.45) is 0 Å². The van der Waals surface area contributed by atoms with Gasteiger partial charge in [-0.3, -0.25) is 0 Å². The molecule has 0 aromatic carbocycles. The van der Waals surface area contributed by atoms with Gasteiger partial charge in [-0.15, -0.1) is 0 Å². The van der Waals surface area contributed by atoms with Crippen LogP contribution in [0.25, 0.3) is 0 Å². The third-order valence-corrected chi connectivity index (χ3v) is 0. The maximum absolute atomic E-state index is 2.36. The minimum Gasteiger partial charge on any atom is 0 e. The quantitative estimate of drug-likeness (QED) is 0.432. The Hall–Kier alpha value is 2.56. The number of hydrogen-bond acceptors (Lipinski definition) is 0. The summed E-state index contributed by atoms with van der Waals surface area (Å²) in [6.07, 6.45) is 0. The van der Waals surface area contributed by atoms with Gasteiger partial charge >= 0.3 is 47.1 Å². The van der Waals surface area contributed by atoms with E-state index in [1.165, 1.54) is 0 Å². The molecule has 0 aliphatic carbocycles. The summed E-state index contributed by atoms with van der Waals surface area (Å²) in [6.45, 7) is 0. The van der Waals surface area contributed by atoms with Crippen LogP contribution in [0.15, 0.2) is 0 Å². The van der Waals surface area contributed by atoms with Crippen LogP contribution >= 0.6 is 20.3 Å². The second-order valence-corrected chi connectivity index (χ2v) is 13.0. The molecule has 0 amide bonds. The van der Waals surface area contributed by atoms with Crippen LogP contribution in [0.3, 0.4) is 0 Å². The average Bonchev–Trinajstić information content (AvgIpc) is 0.918. The molecular formula is IMoSeZn. The molecule has 0 fully saturated rings. The fraction of sp³-hybridized carbons (Fsp3) is 0. The van der Waals surface area contributed by atoms with Crippen molar-refractivity contribution in [2.75, 3.05) is 0 Å². The molecule has 0 saturated heterocycles. The van der Waals surface area contributed by atoms with Crippen LogP contribution in [0.4, 0.5) is 0 Å². The molecule has 0 heterocycles. The van der Waals surface area contributed by atoms with Crippen molar-refractivity contribution in [1.82, 2.24) is 0 Å². The molecule has 0 atom stereocenters. The maximum atomic E-state index is 2.36. The normalized spacial score (nSPS) is 4.25. The van der Waals surface area contributed by atoms with E-state index in [-0.39, 0.29) is 19.5 Å². The molecule has 0 aliphatic heterocycles. The van der Waals surface area contributed by atoms with E-state index in [4.69, 9.17) is 0 Å². The summed E-state index contributed by atoms with van der Waals surface area (Å²) >= 11 is 4.47. The Kier molecular flexibility index (Phi) is 22.2. The van der Waals surface area contributed by atoms with Gasteiger partial charge < -0.3 is 0 Å². The van der Waals surface area contributed by atoms with Gasteiger partial charge in [0.1, 0.15) is 0 Å². The number of hydrogen-bond donors (Lipinski definition) is 0. The van der Waals surface area contributed by atoms with Crippen molar-refractivity contribution in [1.29, 1.82) is 0 Å². The summed E-state index contributed by atoms with van der Waals surface area (Å²) in [4.78, 5) is 0. The van der Waals surface area contributed by atoms with Gasteiger partial charge in [0.05, 0.1) is 0 Å². The first kappa shape index (κ1) is 9.75. The summed E-state index contributed by atoms with van der Waals surface area (Å²) in [6, 6.07) is 0. The van der Waals surface area contributed by atoms with Crippen LogP contribution in [0.5, 0.6) is 0 Å². The van der Waals surface area contributed by atoms with E-state index < -0.39 is 0 Å². The van der Waals surface area contributed by atoms with Crippen molar-refractivity contribution < 1.29 is 37.2 Å². The zero-order chi connectivity index (χ0) is 2.71. The average molecular weight is 367 g/mol. The van der Waals surface area contributed by atoms with Crippen LogP contribution in [-0.2, 0) is 37.2 Å². The Balaban J connectivity index is 0. The van der Waals surface area contributed by atoms with E-state index in [0.717, 1.165) is 9.07 Å². The first-order valence-corrected chi connectivity index (χ1v) is 10.5. The molecule has 0 aromatic heterocycles. The molecular weight excluding hydrogens is 367 g/mol. The molecule has 0 aliphatic rings. The Bertz CT molecular complexity index is 8.00. The van der Waals surface area contributed by atoms with E-state index in [9.17, 15) is 0 Å². The summed E-state index contributed by atoms with van der Waals surface area (Å²) in [7, 11) is 0.855. The molecule has 0 bridgehead atoms. The Morgan fingerprint density at radius 2 is 1.75 bits per heavy atom. The first-order valence-electron chi connectivity index (χ1n) is 0.321. The standard InChI is InChI=1S/ISe.Mo.Zn/c1-2;;/q-1;+1;. The van der Waals surface area contributed by atoms with Gasteiger partial charge in [0, 0.05) is 19.5 Å². The van der Waals surface area contributed by atoms with Gasteiger partial charge in [-0.2, -0.15) is 0 Å². The topological polar surface area (TPSA) is 0 Å². The Morgan fingerprint density at radius 1 is 1.75 bits per heavy atom. The third kappa shape index (κ3) is 8.82. The molecule has 0 rings (SSSR count). The summed E-state index contributed by atoms with van der Waals surface area (Å²) in [5.74, 6) is 0. The molecule has 21 valence electrons. The van der Waals surface area contributed by atoms with Gasteiger partial charge in [-0.05, 0) is 0 Å². The molecule has 0 N–H and O–H groups in total. The smallest absolute Gasteiger partial charge is 0 e. The molecule has 4 heteroatoms. The van der Waals surface area contributed by atoms with Crippen molar-refractivity contribution >= 4 is 29.4 Å². The molecule has 0 nitrogen and oxygen atoms in total. The van der Waals surface area contributed by atoms with Crippen molar-refractivity contribution in [3.05, 3.63) is 0 Å². The van der Waals surface area contributed by atoms with E-state index in [1.54, 1.807) is 0 Å². The second kappa shape index (κ2) is 9.12. The predicted molar refractivity (Wildman–Crippen MR) is 19.8 cm³/mol. The van der Waals surface area contributed by atoms with Gasteiger partial charge in [-0.1, -0.05) is 0 Å². The molecule has 0 unspecified atom stereocenters. The van der Waals surface area contributed by atoms with Crippen molar-refractivity contribution in [3.63, 3.8) is 0 Å². The van der Waals surface area contributed by atoms with Gasteiger partial charge in [-0.25, -0.2) is 0 Å². The van der Waals surface area contributed by atoms with Crippen LogP contribution in [-0.4, -0.2) is 9.07 Å². The molecule has 0 aromatic rings. The van der Waals surface area contributed by atoms with E-state index in [2.05, 4.69) is 38.1 Å². The summed E-state index contributed by atoms with van der Waals surface area (Å²) in [5, 5.41) is 0. The van der Waals surface area contributed by atoms with Crippen LogP contribution in [0.1, 0.15) is 0 Å². The summed E-state index contributed by atoms with van der Waals surface area (Å²) in [5.41, 5.74) is 0. The number of halogens is 1. The Morgan fingerprint density at radius 3 is 1.75 bits per heavy atom. The monoisotopic (exact) mass is 369 g/mol. The second-order valence-electron chi connectivity index (χ2n) is 0.0630. The molecule has 0 saturated carbocycles. The molecule has 4 heavy (non-hydrogen) atoms. The van der Waals surface area contributed by atoms with Gasteiger partial charge in [0.2, 0.25) is 0 Å². The van der Waals surface area contributed by atoms with Crippen LogP contribution in [0.2, 0.25) is 0 Å². The fourth-order valence-electron chi connectivity index (χ4n) is 0. The van der Waals surface area contributed by atoms with Crippen LogP contribution < -0.4 is 0 Å². The fourth-order valence-corrected chi connectivity index (χ4v) is 0. The SMILES string of the molecule is [Mo][Se]I.[Zn]. The largest absolute Gasteiger partial charge is 0 e. The van der Waals surface area contributed by atoms with Gasteiger partial charge in [0.25, 0.3) is 0 Å². The van der Waals surface area contributed by atoms with E-state index in [0.29, 0.717) is 0 Å². The zero-order valence-corrected chi connectivity index (χ0v) is 10.7. The first-order chi connectivity index (χ1) is 1.41. The minimum absolute atomic E-state index is 0. The van der Waals surface area contributed by atoms with Crippen LogP contribution in [0, 0.1) is 0 Å². The van der Waals surface area contributed by atoms with Crippen molar-refractivity contribution in [2.45, 2.75) is 0 Å². The predicted octanol–water partition coefficient (Wildman–Crippen LogP) is 0.500. The minimum atomic E-state index is 0. The zero-order valence-electron chi connectivity index (χ0n) is 1.90. The van der Waals surface area contributed by atoms with Crippen molar-refractivity contribution in [3.8, 4) is 0 Å². The molecule has 0 spiro atoms. The molecule has 0 radical (unpaired) electrons. The third-order valence-electron chi connectivity index (χ3n) is 0. The summed E-state index contributed by atoms with van der Waals surface area (Å²) < 4.78 is 0.